The zero-order chi connectivity index (χ0) is 26.5. The topological polar surface area (TPSA) is 94.2 Å². The van der Waals surface area contributed by atoms with Crippen LogP contribution in [0.3, 0.4) is 0 Å². The van der Waals surface area contributed by atoms with Crippen LogP contribution in [0.15, 0.2) is 76.8 Å². The molecule has 3 aromatic rings. The Hall–Kier alpha value is -4.11. The first-order valence-corrected chi connectivity index (χ1v) is 12.3. The van der Waals surface area contributed by atoms with Crippen molar-refractivity contribution in [3.63, 3.8) is 0 Å². The van der Waals surface area contributed by atoms with Crippen molar-refractivity contribution in [3.05, 3.63) is 87.9 Å². The van der Waals surface area contributed by atoms with Gasteiger partial charge in [0.2, 0.25) is 0 Å². The van der Waals surface area contributed by atoms with E-state index in [0.29, 0.717) is 39.6 Å². The van der Waals surface area contributed by atoms with E-state index in [1.54, 1.807) is 36.4 Å². The minimum absolute atomic E-state index is 0.0881. The average molecular weight is 565 g/mol. The first-order chi connectivity index (χ1) is 17.8. The number of nitrogens with one attached hydrogen (secondary N) is 1. The average Bonchev–Trinajstić information content (AvgIpc) is 2.87. The van der Waals surface area contributed by atoms with E-state index in [2.05, 4.69) is 21.2 Å². The van der Waals surface area contributed by atoms with Crippen molar-refractivity contribution in [1.82, 2.24) is 5.32 Å². The molecule has 1 aliphatic rings. The van der Waals surface area contributed by atoms with Crippen LogP contribution >= 0.6 is 15.9 Å². The SMILES string of the molecule is COc1cc(/C=C2\C(=O)NC(=O)N(c3ccc(OCc4ccccc4)cc3)C2=O)cc(Br)c1OC(C)C. The Morgan fingerprint density at radius 2 is 1.70 bits per heavy atom. The number of hydrogen-bond donors (Lipinski definition) is 1. The highest BCUT2D eigenvalue weighted by Crippen LogP contribution is 2.38. The normalized spacial score (nSPS) is 14.7. The Morgan fingerprint density at radius 1 is 1.00 bits per heavy atom. The number of carbonyl (C=O) groups excluding carboxylic acids is 3. The lowest BCUT2D eigenvalue weighted by Gasteiger charge is -2.26. The van der Waals surface area contributed by atoms with E-state index in [-0.39, 0.29) is 11.7 Å². The van der Waals surface area contributed by atoms with Gasteiger partial charge in [0.15, 0.2) is 11.5 Å². The fraction of sp³-hybridized carbons (Fsp3) is 0.179. The van der Waals surface area contributed by atoms with Gasteiger partial charge in [0.25, 0.3) is 11.8 Å². The van der Waals surface area contributed by atoms with E-state index in [0.717, 1.165) is 10.5 Å². The standard InChI is InChI=1S/C28H25BrN2O6/c1-17(2)37-25-23(29)14-19(15-24(25)35-3)13-22-26(32)30-28(34)31(27(22)33)20-9-11-21(12-10-20)36-16-18-7-5-4-6-8-18/h4-15,17H,16H2,1-3H3,(H,30,32,34)/b22-13+. The number of methoxy groups -OCH3 is 1. The highest BCUT2D eigenvalue weighted by molar-refractivity contribution is 9.10. The Balaban J connectivity index is 1.57. The molecule has 1 aliphatic heterocycles. The molecule has 8 nitrogen and oxygen atoms in total. The maximum absolute atomic E-state index is 13.3. The van der Waals surface area contributed by atoms with Crippen LogP contribution in [0.5, 0.6) is 17.2 Å². The number of ether oxygens (including phenoxy) is 3. The molecule has 0 bridgehead atoms. The number of barbiturate groups is 1. The lowest BCUT2D eigenvalue weighted by atomic mass is 10.1. The fourth-order valence-corrected chi connectivity index (χ4v) is 4.22. The maximum atomic E-state index is 13.3. The molecular weight excluding hydrogens is 540 g/mol. The molecule has 1 N–H and O–H groups in total. The van der Waals surface area contributed by atoms with Gasteiger partial charge >= 0.3 is 6.03 Å². The van der Waals surface area contributed by atoms with Crippen molar-refractivity contribution in [3.8, 4) is 17.2 Å². The van der Waals surface area contributed by atoms with Gasteiger partial charge in [0.05, 0.1) is 23.4 Å². The van der Waals surface area contributed by atoms with E-state index in [1.165, 1.54) is 13.2 Å². The molecule has 3 aromatic carbocycles. The van der Waals surface area contributed by atoms with Crippen LogP contribution in [0.1, 0.15) is 25.0 Å². The lowest BCUT2D eigenvalue weighted by molar-refractivity contribution is -0.122. The molecule has 4 rings (SSSR count). The Kier molecular flexibility index (Phi) is 7.93. The third-order valence-electron chi connectivity index (χ3n) is 5.36. The van der Waals surface area contributed by atoms with Crippen molar-refractivity contribution >= 4 is 45.5 Å². The van der Waals surface area contributed by atoms with Crippen molar-refractivity contribution < 1.29 is 28.6 Å². The van der Waals surface area contributed by atoms with Crippen molar-refractivity contribution in [1.29, 1.82) is 0 Å². The number of halogens is 1. The second-order valence-electron chi connectivity index (χ2n) is 8.43. The first kappa shape index (κ1) is 26.0. The molecule has 0 radical (unpaired) electrons. The molecule has 1 saturated heterocycles. The molecule has 9 heteroatoms. The summed E-state index contributed by atoms with van der Waals surface area (Å²) >= 11 is 3.46. The van der Waals surface area contributed by atoms with Crippen LogP contribution in [0.25, 0.3) is 6.08 Å². The number of hydrogen-bond acceptors (Lipinski definition) is 6. The van der Waals surface area contributed by atoms with Gasteiger partial charge in [-0.2, -0.15) is 0 Å². The number of nitrogens with zero attached hydrogens (tertiary/aromatic N) is 1. The summed E-state index contributed by atoms with van der Waals surface area (Å²) in [4.78, 5) is 39.4. The van der Waals surface area contributed by atoms with Crippen molar-refractivity contribution in [2.45, 2.75) is 26.6 Å². The van der Waals surface area contributed by atoms with Crippen molar-refractivity contribution in [2.75, 3.05) is 12.0 Å². The van der Waals surface area contributed by atoms with Crippen LogP contribution < -0.4 is 24.4 Å². The highest BCUT2D eigenvalue weighted by atomic mass is 79.9. The van der Waals surface area contributed by atoms with Crippen LogP contribution in [0.4, 0.5) is 10.5 Å². The Labute approximate surface area is 223 Å². The number of anilines is 1. The fourth-order valence-electron chi connectivity index (χ4n) is 3.66. The van der Waals surface area contributed by atoms with Crippen LogP contribution in [0, 0.1) is 0 Å². The highest BCUT2D eigenvalue weighted by Gasteiger charge is 2.37. The molecule has 190 valence electrons. The number of carbonyl (C=O) groups is 3. The molecule has 0 saturated carbocycles. The minimum Gasteiger partial charge on any atom is -0.493 e. The zero-order valence-corrected chi connectivity index (χ0v) is 22.1. The molecular formula is C28H25BrN2O6. The van der Waals surface area contributed by atoms with Crippen molar-refractivity contribution in [2.24, 2.45) is 0 Å². The van der Waals surface area contributed by atoms with E-state index >= 15 is 0 Å². The van der Waals surface area contributed by atoms with Gasteiger partial charge in [-0.05, 0) is 83.4 Å². The smallest absolute Gasteiger partial charge is 0.335 e. The van der Waals surface area contributed by atoms with Crippen LogP contribution in [-0.4, -0.2) is 31.1 Å². The summed E-state index contributed by atoms with van der Waals surface area (Å²) in [5.74, 6) is -0.0241. The summed E-state index contributed by atoms with van der Waals surface area (Å²) in [5.41, 5.74) is 1.62. The summed E-state index contributed by atoms with van der Waals surface area (Å²) in [5, 5.41) is 2.23. The summed E-state index contributed by atoms with van der Waals surface area (Å²) in [6, 6.07) is 18.7. The minimum atomic E-state index is -0.829. The molecule has 0 aromatic heterocycles. The predicted octanol–water partition coefficient (Wildman–Crippen LogP) is 5.49. The molecule has 0 unspecified atom stereocenters. The van der Waals surface area contributed by atoms with E-state index in [9.17, 15) is 14.4 Å². The number of benzene rings is 3. The number of amides is 4. The summed E-state index contributed by atoms with van der Waals surface area (Å²) in [7, 11) is 1.50. The summed E-state index contributed by atoms with van der Waals surface area (Å²) < 4.78 is 17.6. The monoisotopic (exact) mass is 564 g/mol. The number of imide groups is 2. The molecule has 0 spiro atoms. The van der Waals surface area contributed by atoms with Gasteiger partial charge in [0.1, 0.15) is 17.9 Å². The van der Waals surface area contributed by atoms with Gasteiger partial charge in [0, 0.05) is 0 Å². The second-order valence-corrected chi connectivity index (χ2v) is 9.28. The number of rotatable bonds is 8. The Bertz CT molecular complexity index is 1350. The van der Waals surface area contributed by atoms with E-state index in [4.69, 9.17) is 14.2 Å². The molecule has 1 heterocycles. The van der Waals surface area contributed by atoms with Gasteiger partial charge in [-0.1, -0.05) is 30.3 Å². The van der Waals surface area contributed by atoms with E-state index in [1.807, 2.05) is 44.2 Å². The van der Waals surface area contributed by atoms with Crippen LogP contribution in [0.2, 0.25) is 0 Å². The van der Waals surface area contributed by atoms with Crippen LogP contribution in [-0.2, 0) is 16.2 Å². The number of urea groups is 1. The molecule has 37 heavy (non-hydrogen) atoms. The zero-order valence-electron chi connectivity index (χ0n) is 20.5. The quantitative estimate of drug-likeness (QED) is 0.287. The third kappa shape index (κ3) is 6.00. The van der Waals surface area contributed by atoms with Gasteiger partial charge in [-0.25, -0.2) is 9.69 Å². The molecule has 0 atom stereocenters. The molecule has 0 aliphatic carbocycles. The first-order valence-electron chi connectivity index (χ1n) is 11.5. The third-order valence-corrected chi connectivity index (χ3v) is 5.95. The van der Waals surface area contributed by atoms with Gasteiger partial charge in [-0.3, -0.25) is 14.9 Å². The largest absolute Gasteiger partial charge is 0.493 e. The lowest BCUT2D eigenvalue weighted by Crippen LogP contribution is -2.54. The summed E-state index contributed by atoms with van der Waals surface area (Å²) in [6.07, 6.45) is 1.32. The predicted molar refractivity (Wildman–Crippen MR) is 143 cm³/mol. The molecule has 4 amide bonds. The maximum Gasteiger partial charge on any atom is 0.335 e. The van der Waals surface area contributed by atoms with E-state index < -0.39 is 17.8 Å². The second kappa shape index (κ2) is 11.3. The molecule has 1 fully saturated rings. The Morgan fingerprint density at radius 3 is 2.35 bits per heavy atom. The van der Waals surface area contributed by atoms with Gasteiger partial charge < -0.3 is 14.2 Å². The summed E-state index contributed by atoms with van der Waals surface area (Å²) in [6.45, 7) is 4.16. The van der Waals surface area contributed by atoms with Gasteiger partial charge in [-0.15, -0.1) is 0 Å².